The van der Waals surface area contributed by atoms with Crippen molar-refractivity contribution in [1.29, 1.82) is 0 Å². The van der Waals surface area contributed by atoms with Crippen molar-refractivity contribution in [3.63, 3.8) is 0 Å². The highest BCUT2D eigenvalue weighted by atomic mass is 16.4. The van der Waals surface area contributed by atoms with Crippen LogP contribution in [0.3, 0.4) is 0 Å². The first-order valence-electron chi connectivity index (χ1n) is 36.5. The number of carboxylic acid groups (broad SMARTS) is 3. The highest BCUT2D eigenvalue weighted by molar-refractivity contribution is 6.00. The van der Waals surface area contributed by atoms with Crippen LogP contribution >= 0.6 is 0 Å². The average molecular weight is 1590 g/mol. The van der Waals surface area contributed by atoms with Crippen molar-refractivity contribution in [2.24, 2.45) is 72.9 Å². The van der Waals surface area contributed by atoms with E-state index in [1.807, 2.05) is 0 Å². The molecule has 0 radical (unpaired) electrons. The van der Waals surface area contributed by atoms with Crippen LogP contribution in [0, 0.1) is 17.8 Å². The molecular formula is C69H115N23O20. The zero-order chi connectivity index (χ0) is 85.1. The fourth-order valence-corrected chi connectivity index (χ4v) is 10.7. The molecule has 0 saturated carbocycles. The number of carboxylic acids is 3. The van der Waals surface area contributed by atoms with Crippen molar-refractivity contribution in [2.45, 2.75) is 231 Å². The number of rotatable bonds is 54. The number of hydrogen-bond acceptors (Lipinski definition) is 20. The molecule has 30 N–H and O–H groups in total. The molecule has 14 amide bonds. The molecule has 626 valence electrons. The number of nitrogens with one attached hydrogen (secondary N) is 13. The van der Waals surface area contributed by atoms with Gasteiger partial charge in [0.05, 0.1) is 13.0 Å². The number of nitrogens with zero attached hydrogens (tertiary/aromatic N) is 3. The van der Waals surface area contributed by atoms with Gasteiger partial charge >= 0.3 is 17.9 Å². The zero-order valence-corrected chi connectivity index (χ0v) is 64.6. The van der Waals surface area contributed by atoms with Gasteiger partial charge in [-0.3, -0.25) is 91.7 Å². The molecule has 0 aliphatic carbocycles. The summed E-state index contributed by atoms with van der Waals surface area (Å²) in [7, 11) is 0. The lowest BCUT2D eigenvalue weighted by Gasteiger charge is -2.29. The summed E-state index contributed by atoms with van der Waals surface area (Å²) < 4.78 is 0. The molecule has 0 aliphatic rings. The van der Waals surface area contributed by atoms with Gasteiger partial charge in [-0.2, -0.15) is 0 Å². The van der Waals surface area contributed by atoms with Crippen molar-refractivity contribution < 1.29 is 96.8 Å². The molecule has 1 aromatic rings. The molecule has 0 unspecified atom stereocenters. The van der Waals surface area contributed by atoms with E-state index in [1.54, 1.807) is 71.9 Å². The molecular weight excluding hydrogens is 1470 g/mol. The van der Waals surface area contributed by atoms with Gasteiger partial charge in [-0.25, -0.2) is 4.79 Å². The summed E-state index contributed by atoms with van der Waals surface area (Å²) >= 11 is 0. The van der Waals surface area contributed by atoms with E-state index in [4.69, 9.17) is 40.1 Å². The number of amides is 14. The first kappa shape index (κ1) is 98.0. The van der Waals surface area contributed by atoms with Gasteiger partial charge in [0.2, 0.25) is 82.7 Å². The first-order valence-corrected chi connectivity index (χ1v) is 36.5. The lowest BCUT2D eigenvalue weighted by atomic mass is 9.97. The molecule has 43 heteroatoms. The van der Waals surface area contributed by atoms with Gasteiger partial charge < -0.3 is 125 Å². The Labute approximate surface area is 648 Å². The van der Waals surface area contributed by atoms with Crippen LogP contribution in [-0.4, -0.2) is 232 Å². The Kier molecular flexibility index (Phi) is 45.0. The van der Waals surface area contributed by atoms with Gasteiger partial charge in [-0.05, 0) is 95.0 Å². The second kappa shape index (κ2) is 51.4. The van der Waals surface area contributed by atoms with Crippen molar-refractivity contribution in [3.8, 4) is 0 Å². The summed E-state index contributed by atoms with van der Waals surface area (Å²) in [5.74, 6) is -20.7. The molecule has 0 aromatic heterocycles. The Morgan fingerprint density at radius 3 is 1.16 bits per heavy atom. The maximum atomic E-state index is 14.7. The monoisotopic (exact) mass is 1590 g/mol. The topological polar surface area (TPSA) is 726 Å². The molecule has 0 fully saturated rings. The highest BCUT2D eigenvalue weighted by Gasteiger charge is 2.38. The van der Waals surface area contributed by atoms with E-state index in [9.17, 15) is 96.8 Å². The number of nitrogens with two attached hydrogens (primary N) is 7. The minimum Gasteiger partial charge on any atom is -0.481 e. The molecule has 0 saturated heterocycles. The lowest BCUT2D eigenvalue weighted by Crippen LogP contribution is -2.61. The number of carbonyl (C=O) groups excluding carboxylic acids is 14. The van der Waals surface area contributed by atoms with Crippen LogP contribution in [0.15, 0.2) is 45.3 Å². The molecule has 0 aliphatic heterocycles. The van der Waals surface area contributed by atoms with Crippen LogP contribution in [-0.2, 0) is 87.9 Å². The fourth-order valence-electron chi connectivity index (χ4n) is 10.7. The normalized spacial score (nSPS) is 14.6. The third kappa shape index (κ3) is 39.9. The van der Waals surface area contributed by atoms with Crippen molar-refractivity contribution in [1.82, 2.24) is 69.1 Å². The summed E-state index contributed by atoms with van der Waals surface area (Å²) in [4.78, 5) is 240. The first-order chi connectivity index (χ1) is 52.5. The quantitative estimate of drug-likeness (QED) is 0.0164. The summed E-state index contributed by atoms with van der Waals surface area (Å²) in [6.45, 7) is 12.5. The lowest BCUT2D eigenvalue weighted by molar-refractivity contribution is -0.143. The number of hydrogen-bond donors (Lipinski definition) is 23. The number of carbonyl (C=O) groups is 17. The molecule has 43 nitrogen and oxygen atoms in total. The van der Waals surface area contributed by atoms with Crippen LogP contribution in [0.25, 0.3) is 0 Å². The van der Waals surface area contributed by atoms with Crippen molar-refractivity contribution in [2.75, 3.05) is 26.2 Å². The maximum absolute atomic E-state index is 14.7. The van der Waals surface area contributed by atoms with E-state index in [1.165, 1.54) is 20.8 Å². The summed E-state index contributed by atoms with van der Waals surface area (Å²) in [6, 6.07) is -10.1. The predicted octanol–water partition coefficient (Wildman–Crippen LogP) is -6.79. The van der Waals surface area contributed by atoms with E-state index in [0.717, 1.165) is 0 Å². The second-order valence-electron chi connectivity index (χ2n) is 27.2. The van der Waals surface area contributed by atoms with Gasteiger partial charge in [-0.1, -0.05) is 84.7 Å². The average Bonchev–Trinajstić information content (AvgIpc) is 0.847. The van der Waals surface area contributed by atoms with E-state index in [-0.39, 0.29) is 95.3 Å². The van der Waals surface area contributed by atoms with Gasteiger partial charge in [0.15, 0.2) is 17.9 Å². The number of aliphatic carboxylic acids is 3. The Morgan fingerprint density at radius 2 is 0.759 bits per heavy atom. The maximum Gasteiger partial charge on any atom is 0.326 e. The standard InChI is InChI=1S/C69H115N23O20/c1-10-35(5)53(64(109)80-33-50(95)83-47(32-52(98)99)63(108)87-42(21-16-28-78-68(73)74)58(103)90-48(66(111)112)31-40-18-13-12-14-19-40)92-61(106)43(22-17-29-79-69(75)76)85-57(102)41(20-15-27-77-67(71)72)86-62(107)46(30-34(3)4)89-60(105)44(23-25-49(70)94)88-59(104)45(24-26-51(96)97)84-55(100)38(8)82-65(110)54(36(6)11-2)91-56(101)37(7)81-39(9)93/h12-14,18-19,34-38,41-48,53-54H,10-11,15-17,20-33H2,1-9H3,(H2,70,94)(H,80,109)(H,81,93)(H,82,110)(H,83,95)(H,84,100)(H,85,102)(H,86,107)(H,87,108)(H,88,104)(H,89,105)(H,90,103)(H,91,101)(H,92,106)(H,96,97)(H,98,99)(H,111,112)(H4,71,72,77)(H4,73,74,78)(H4,75,76,79)/t35-,36-,37-,38-,41-,42-,43-,44-,45-,46-,47-,48-,53-,54-/m0/s1. The molecule has 112 heavy (non-hydrogen) atoms. The second-order valence-corrected chi connectivity index (χ2v) is 27.2. The summed E-state index contributed by atoms with van der Waals surface area (Å²) in [6.07, 6.45) is -3.94. The van der Waals surface area contributed by atoms with Gasteiger partial charge in [0.25, 0.3) is 0 Å². The number of guanidine groups is 3. The summed E-state index contributed by atoms with van der Waals surface area (Å²) in [5, 5.41) is 61.2. The predicted molar refractivity (Wildman–Crippen MR) is 407 cm³/mol. The minimum atomic E-state index is -1.91. The number of benzene rings is 1. The number of primary amides is 1. The minimum absolute atomic E-state index is 0.00605. The Bertz CT molecular complexity index is 3480. The van der Waals surface area contributed by atoms with Crippen LogP contribution in [0.5, 0.6) is 0 Å². The van der Waals surface area contributed by atoms with Crippen LogP contribution in [0.1, 0.15) is 158 Å². The Morgan fingerprint density at radius 1 is 0.393 bits per heavy atom. The fraction of sp³-hybridized carbons (Fsp3) is 0.623. The van der Waals surface area contributed by atoms with E-state index in [0.29, 0.717) is 12.0 Å². The highest BCUT2D eigenvalue weighted by Crippen LogP contribution is 2.15. The van der Waals surface area contributed by atoms with Gasteiger partial charge in [-0.15, -0.1) is 0 Å². The molecule has 0 spiro atoms. The largest absolute Gasteiger partial charge is 0.481 e. The Hall–Kier alpha value is -12.0. The van der Waals surface area contributed by atoms with E-state index >= 15 is 0 Å². The number of aliphatic imine (C=N–C) groups is 3. The third-order valence-corrected chi connectivity index (χ3v) is 17.2. The SMILES string of the molecule is CC[C@H](C)[C@H](NC(=O)[C@H](C)NC(C)=O)C(=O)N[C@@H](C)C(=O)N[C@@H](CCC(=O)O)C(=O)N[C@@H](CCC(N)=O)C(=O)N[C@@H](CC(C)C)C(=O)N[C@@H](CCCN=C(N)N)C(=O)N[C@@H](CCCN=C(N)N)C(=O)N[C@H](C(=O)NCC(=O)N[C@@H](CC(=O)O)C(=O)N[C@@H](CCCN=C(N)N)C(=O)N[C@@H](Cc1ccccc1)C(=O)O)[C@@H](C)CC. The molecule has 1 aromatic carbocycles. The van der Waals surface area contributed by atoms with Gasteiger partial charge in [0, 0.05) is 45.8 Å². The summed E-state index contributed by atoms with van der Waals surface area (Å²) in [5.41, 5.74) is 39.2. The van der Waals surface area contributed by atoms with Crippen LogP contribution < -0.4 is 109 Å². The van der Waals surface area contributed by atoms with E-state index < -0.39 is 230 Å². The molecule has 0 heterocycles. The van der Waals surface area contributed by atoms with Crippen molar-refractivity contribution in [3.05, 3.63) is 35.9 Å². The Balaban J connectivity index is 3.70. The molecule has 0 bridgehead atoms. The van der Waals surface area contributed by atoms with Crippen LogP contribution in [0.4, 0.5) is 0 Å². The molecule has 14 atom stereocenters. The molecule has 1 rings (SSSR count). The van der Waals surface area contributed by atoms with Crippen LogP contribution in [0.2, 0.25) is 0 Å². The van der Waals surface area contributed by atoms with Crippen molar-refractivity contribution >= 4 is 118 Å². The third-order valence-electron chi connectivity index (χ3n) is 17.2. The smallest absolute Gasteiger partial charge is 0.326 e. The van der Waals surface area contributed by atoms with Gasteiger partial charge in [0.1, 0.15) is 72.5 Å². The zero-order valence-electron chi connectivity index (χ0n) is 64.6. The van der Waals surface area contributed by atoms with E-state index in [2.05, 4.69) is 84.1 Å².